The Bertz CT molecular complexity index is 924. The van der Waals surface area contributed by atoms with Crippen molar-refractivity contribution in [1.82, 2.24) is 5.32 Å². The van der Waals surface area contributed by atoms with Crippen LogP contribution >= 0.6 is 23.4 Å². The van der Waals surface area contributed by atoms with Gasteiger partial charge in [-0.1, -0.05) is 35.5 Å². The number of ether oxygens (including phenoxy) is 2. The molecule has 6 nitrogen and oxygen atoms in total. The molecule has 2 aromatic carbocycles. The van der Waals surface area contributed by atoms with Crippen LogP contribution in [0.2, 0.25) is 5.02 Å². The third kappa shape index (κ3) is 3.77. The average Bonchev–Trinajstić information content (AvgIpc) is 2.67. The number of nitrogens with one attached hydrogen (secondary N) is 1. The summed E-state index contributed by atoms with van der Waals surface area (Å²) in [5.74, 6) is 0.691. The minimum Gasteiger partial charge on any atom is -0.486 e. The van der Waals surface area contributed by atoms with E-state index in [9.17, 15) is 4.79 Å². The number of nitriles is 1. The summed E-state index contributed by atoms with van der Waals surface area (Å²) in [5, 5.41) is 12.0. The highest BCUT2D eigenvalue weighted by Crippen LogP contribution is 2.38. The van der Waals surface area contributed by atoms with Gasteiger partial charge >= 0.3 is 0 Å². The summed E-state index contributed by atoms with van der Waals surface area (Å²) in [4.78, 5) is 17.5. The van der Waals surface area contributed by atoms with Crippen molar-refractivity contribution in [3.63, 3.8) is 0 Å². The lowest BCUT2D eigenvalue weighted by atomic mass is 10.0. The Balaban J connectivity index is 2.14. The van der Waals surface area contributed by atoms with Crippen LogP contribution in [0, 0.1) is 11.5 Å². The van der Waals surface area contributed by atoms with E-state index in [1.54, 1.807) is 42.7 Å². The Morgan fingerprint density at radius 1 is 1.23 bits per heavy atom. The van der Waals surface area contributed by atoms with Crippen LogP contribution in [-0.4, -0.2) is 30.4 Å². The van der Waals surface area contributed by atoms with Crippen molar-refractivity contribution in [2.24, 2.45) is 4.99 Å². The van der Waals surface area contributed by atoms with E-state index in [0.717, 1.165) is 0 Å². The van der Waals surface area contributed by atoms with Gasteiger partial charge in [0.2, 0.25) is 0 Å². The first kappa shape index (κ1) is 18.1. The van der Waals surface area contributed by atoms with E-state index in [-0.39, 0.29) is 5.78 Å². The van der Waals surface area contributed by atoms with Crippen LogP contribution in [0.15, 0.2) is 41.4 Å². The number of halogens is 1. The van der Waals surface area contributed by atoms with Gasteiger partial charge in [0, 0.05) is 11.6 Å². The number of thioether (sulfide) groups is 1. The van der Waals surface area contributed by atoms with Gasteiger partial charge in [0.05, 0.1) is 16.3 Å². The number of rotatable bonds is 3. The van der Waals surface area contributed by atoms with Crippen LogP contribution in [0.4, 0.5) is 5.69 Å². The molecule has 8 heteroatoms. The van der Waals surface area contributed by atoms with Crippen LogP contribution in [0.3, 0.4) is 0 Å². The van der Waals surface area contributed by atoms with E-state index in [4.69, 9.17) is 26.3 Å². The first-order valence-electron chi connectivity index (χ1n) is 7.64. The molecule has 0 saturated carbocycles. The second-order valence-corrected chi connectivity index (χ2v) is 6.38. The maximum absolute atomic E-state index is 13.1. The number of nitrogens with zero attached hydrogens (tertiary/aromatic N) is 2. The fourth-order valence-corrected chi connectivity index (χ4v) is 2.98. The van der Waals surface area contributed by atoms with Gasteiger partial charge in [-0.3, -0.25) is 10.1 Å². The number of benzene rings is 2. The molecule has 2 aromatic rings. The topological polar surface area (TPSA) is 83.7 Å². The molecular weight excluding hydrogens is 374 g/mol. The Kier molecular flexibility index (Phi) is 5.66. The molecule has 26 heavy (non-hydrogen) atoms. The minimum absolute atomic E-state index is 0.288. The van der Waals surface area contributed by atoms with Crippen molar-refractivity contribution in [1.29, 1.82) is 5.26 Å². The fraction of sp³-hybridized carbons (Fsp3) is 0.167. The highest BCUT2D eigenvalue weighted by atomic mass is 35.5. The zero-order valence-corrected chi connectivity index (χ0v) is 15.4. The summed E-state index contributed by atoms with van der Waals surface area (Å²) in [6.45, 7) is 0.821. The smallest absolute Gasteiger partial charge is 0.196 e. The van der Waals surface area contributed by atoms with Crippen molar-refractivity contribution < 1.29 is 14.3 Å². The van der Waals surface area contributed by atoms with Crippen LogP contribution in [0.5, 0.6) is 11.5 Å². The third-order valence-corrected chi connectivity index (χ3v) is 4.51. The van der Waals surface area contributed by atoms with Crippen molar-refractivity contribution in [2.45, 2.75) is 0 Å². The molecule has 0 aliphatic carbocycles. The fourth-order valence-electron chi connectivity index (χ4n) is 2.42. The van der Waals surface area contributed by atoms with Gasteiger partial charge in [0.15, 0.2) is 28.6 Å². The van der Waals surface area contributed by atoms with Gasteiger partial charge in [0.25, 0.3) is 0 Å². The number of hydrogen-bond acceptors (Lipinski definition) is 6. The summed E-state index contributed by atoms with van der Waals surface area (Å²) < 4.78 is 11.2. The Hall–Kier alpha value is -2.69. The van der Waals surface area contributed by atoms with Gasteiger partial charge in [-0.15, -0.1) is 0 Å². The van der Waals surface area contributed by atoms with E-state index in [1.807, 2.05) is 6.19 Å². The summed E-state index contributed by atoms with van der Waals surface area (Å²) in [5.41, 5.74) is 1.04. The number of hydrogen-bond donors (Lipinski definition) is 1. The predicted molar refractivity (Wildman–Crippen MR) is 102 cm³/mol. The number of amidine groups is 1. The molecule has 0 saturated heterocycles. The second kappa shape index (κ2) is 8.13. The van der Waals surface area contributed by atoms with Crippen molar-refractivity contribution in [3.05, 3.63) is 52.5 Å². The lowest BCUT2D eigenvalue weighted by molar-refractivity contribution is 0.103. The van der Waals surface area contributed by atoms with Gasteiger partial charge < -0.3 is 9.47 Å². The lowest BCUT2D eigenvalue weighted by Gasteiger charge is -2.20. The molecule has 0 bridgehead atoms. The van der Waals surface area contributed by atoms with Gasteiger partial charge in [-0.2, -0.15) is 5.26 Å². The Labute approximate surface area is 159 Å². The molecule has 0 spiro atoms. The summed E-state index contributed by atoms with van der Waals surface area (Å²) in [6.07, 6.45) is 3.60. The molecular formula is C18H14ClN3O3S. The predicted octanol–water partition coefficient (Wildman–Crippen LogP) is 3.76. The maximum atomic E-state index is 13.1. The first-order chi connectivity index (χ1) is 12.6. The largest absolute Gasteiger partial charge is 0.486 e. The number of ketones is 1. The second-order valence-electron chi connectivity index (χ2n) is 5.18. The SMILES string of the molecule is CSC(=Nc1cc2c(cc1C(=O)c1ccccc1Cl)OCCO2)NC#N. The number of aliphatic imine (C=N–C) groups is 1. The molecule has 0 aromatic heterocycles. The zero-order valence-electron chi connectivity index (χ0n) is 13.8. The number of fused-ring (bicyclic) bond motifs is 1. The summed E-state index contributed by atoms with van der Waals surface area (Å²) in [6, 6.07) is 10.0. The van der Waals surface area contributed by atoms with E-state index in [2.05, 4.69) is 10.3 Å². The molecule has 0 atom stereocenters. The third-order valence-electron chi connectivity index (χ3n) is 3.60. The number of carbonyl (C=O) groups is 1. The quantitative estimate of drug-likeness (QED) is 0.284. The molecule has 1 heterocycles. The highest BCUT2D eigenvalue weighted by Gasteiger charge is 2.22. The van der Waals surface area contributed by atoms with E-state index >= 15 is 0 Å². The van der Waals surface area contributed by atoms with Gasteiger partial charge in [-0.25, -0.2) is 4.99 Å². The van der Waals surface area contributed by atoms with Gasteiger partial charge in [0.1, 0.15) is 13.2 Å². The number of carbonyl (C=O) groups excluding carboxylic acids is 1. The first-order valence-corrected chi connectivity index (χ1v) is 9.25. The van der Waals surface area contributed by atoms with E-state index < -0.39 is 0 Å². The Morgan fingerprint density at radius 3 is 2.58 bits per heavy atom. The molecule has 1 N–H and O–H groups in total. The maximum Gasteiger partial charge on any atom is 0.196 e. The van der Waals surface area contributed by atoms with Crippen LogP contribution < -0.4 is 14.8 Å². The van der Waals surface area contributed by atoms with Crippen LogP contribution in [0.25, 0.3) is 0 Å². The van der Waals surface area contributed by atoms with Gasteiger partial charge in [-0.05, 0) is 24.5 Å². The lowest BCUT2D eigenvalue weighted by Crippen LogP contribution is -2.17. The van der Waals surface area contributed by atoms with Crippen molar-refractivity contribution in [3.8, 4) is 17.7 Å². The minimum atomic E-state index is -0.288. The zero-order chi connectivity index (χ0) is 18.5. The molecule has 3 rings (SSSR count). The van der Waals surface area contributed by atoms with Crippen LogP contribution in [-0.2, 0) is 0 Å². The van der Waals surface area contributed by atoms with E-state index in [1.165, 1.54) is 11.8 Å². The molecule has 1 aliphatic heterocycles. The molecule has 0 fully saturated rings. The molecule has 132 valence electrons. The molecule has 0 amide bonds. The molecule has 0 unspecified atom stereocenters. The Morgan fingerprint density at radius 2 is 1.92 bits per heavy atom. The van der Waals surface area contributed by atoms with E-state index in [0.29, 0.717) is 51.7 Å². The van der Waals surface area contributed by atoms with Crippen molar-refractivity contribution in [2.75, 3.05) is 19.5 Å². The van der Waals surface area contributed by atoms with Crippen molar-refractivity contribution >= 4 is 40.0 Å². The summed E-state index contributed by atoms with van der Waals surface area (Å²) in [7, 11) is 0. The molecule has 0 radical (unpaired) electrons. The normalized spacial score (nSPS) is 13.0. The average molecular weight is 388 g/mol. The monoisotopic (exact) mass is 387 g/mol. The summed E-state index contributed by atoms with van der Waals surface area (Å²) >= 11 is 7.43. The molecule has 1 aliphatic rings. The standard InChI is InChI=1S/C18H14ClN3O3S/c1-26-18(21-10-20)22-14-9-16-15(24-6-7-25-16)8-12(14)17(23)11-4-2-3-5-13(11)19/h2-5,8-9H,6-7H2,1H3,(H,21,22). The highest BCUT2D eigenvalue weighted by molar-refractivity contribution is 8.13. The van der Waals surface area contributed by atoms with Crippen LogP contribution in [0.1, 0.15) is 15.9 Å².